The van der Waals surface area contributed by atoms with Crippen LogP contribution >= 0.6 is 11.6 Å². The van der Waals surface area contributed by atoms with Gasteiger partial charge in [-0.25, -0.2) is 14.8 Å². The SMILES string of the molecule is Cc1ccc(CC2OC(=O)c3c(-c4ccco4)nc(Cl)nc32)cc1. The molecular formula is C18H13ClN2O3. The number of rotatable bonds is 3. The third-order valence-electron chi connectivity index (χ3n) is 3.96. The summed E-state index contributed by atoms with van der Waals surface area (Å²) >= 11 is 6.05. The van der Waals surface area contributed by atoms with Crippen LogP contribution in [0.4, 0.5) is 0 Å². The molecule has 0 N–H and O–H groups in total. The van der Waals surface area contributed by atoms with Gasteiger partial charge in [-0.1, -0.05) is 29.8 Å². The molecule has 1 unspecified atom stereocenters. The first-order valence-corrected chi connectivity index (χ1v) is 7.87. The van der Waals surface area contributed by atoms with Crippen LogP contribution in [-0.4, -0.2) is 15.9 Å². The molecule has 3 heterocycles. The molecule has 6 heteroatoms. The number of esters is 1. The molecule has 24 heavy (non-hydrogen) atoms. The standard InChI is InChI=1S/C18H13ClN2O3/c1-10-4-6-11(7-5-10)9-13-16-14(17(22)24-13)15(20-18(19)21-16)12-3-2-8-23-12/h2-8,13H,9H2,1H3. The second-order valence-electron chi connectivity index (χ2n) is 5.66. The Kier molecular flexibility index (Phi) is 3.58. The van der Waals surface area contributed by atoms with Crippen molar-refractivity contribution in [2.45, 2.75) is 19.4 Å². The summed E-state index contributed by atoms with van der Waals surface area (Å²) in [5.74, 6) is 0.00802. The Labute approximate surface area is 143 Å². The van der Waals surface area contributed by atoms with Crippen molar-refractivity contribution in [3.63, 3.8) is 0 Å². The maximum absolute atomic E-state index is 12.4. The van der Waals surface area contributed by atoms with Crippen molar-refractivity contribution >= 4 is 17.6 Å². The average Bonchev–Trinajstić information content (AvgIpc) is 3.18. The van der Waals surface area contributed by atoms with E-state index in [1.165, 1.54) is 11.8 Å². The zero-order chi connectivity index (χ0) is 16.7. The lowest BCUT2D eigenvalue weighted by Crippen LogP contribution is -2.04. The number of nitrogens with zero attached hydrogens (tertiary/aromatic N) is 2. The van der Waals surface area contributed by atoms with E-state index < -0.39 is 12.1 Å². The van der Waals surface area contributed by atoms with E-state index in [4.69, 9.17) is 20.8 Å². The Balaban J connectivity index is 1.76. The number of cyclic esters (lactones) is 1. The monoisotopic (exact) mass is 340 g/mol. The van der Waals surface area contributed by atoms with Gasteiger partial charge < -0.3 is 9.15 Å². The number of fused-ring (bicyclic) bond motifs is 1. The van der Waals surface area contributed by atoms with Crippen LogP contribution in [0, 0.1) is 6.92 Å². The number of halogens is 1. The number of ether oxygens (including phenoxy) is 1. The predicted octanol–water partition coefficient (Wildman–Crippen LogP) is 4.15. The Bertz CT molecular complexity index is 905. The van der Waals surface area contributed by atoms with Gasteiger partial charge in [0.25, 0.3) is 0 Å². The van der Waals surface area contributed by atoms with E-state index in [0.29, 0.717) is 29.1 Å². The third-order valence-corrected chi connectivity index (χ3v) is 4.13. The molecule has 3 aromatic rings. The molecule has 1 aliphatic rings. The molecule has 1 aromatic carbocycles. The first kappa shape index (κ1) is 14.9. The number of hydrogen-bond donors (Lipinski definition) is 0. The van der Waals surface area contributed by atoms with Crippen LogP contribution in [0.3, 0.4) is 0 Å². The fraction of sp³-hybridized carbons (Fsp3) is 0.167. The van der Waals surface area contributed by atoms with E-state index in [1.54, 1.807) is 12.1 Å². The summed E-state index contributed by atoms with van der Waals surface area (Å²) in [5, 5.41) is 0.0624. The van der Waals surface area contributed by atoms with Crippen molar-refractivity contribution in [3.05, 3.63) is 70.3 Å². The zero-order valence-electron chi connectivity index (χ0n) is 12.8. The number of furan rings is 1. The summed E-state index contributed by atoms with van der Waals surface area (Å²) in [7, 11) is 0. The van der Waals surface area contributed by atoms with Crippen molar-refractivity contribution < 1.29 is 13.9 Å². The molecule has 1 atom stereocenters. The van der Waals surface area contributed by atoms with Crippen molar-refractivity contribution in [1.82, 2.24) is 9.97 Å². The number of carbonyl (C=O) groups is 1. The molecule has 0 bridgehead atoms. The van der Waals surface area contributed by atoms with E-state index in [9.17, 15) is 4.79 Å². The van der Waals surface area contributed by atoms with Crippen molar-refractivity contribution in [2.75, 3.05) is 0 Å². The van der Waals surface area contributed by atoms with Gasteiger partial charge in [0.15, 0.2) is 5.76 Å². The quantitative estimate of drug-likeness (QED) is 0.529. The summed E-state index contributed by atoms with van der Waals surface area (Å²) in [6.07, 6.45) is 1.57. The van der Waals surface area contributed by atoms with Crippen LogP contribution in [0.2, 0.25) is 5.28 Å². The van der Waals surface area contributed by atoms with Crippen LogP contribution < -0.4 is 0 Å². The van der Waals surface area contributed by atoms with Crippen LogP contribution in [0.25, 0.3) is 11.5 Å². The maximum atomic E-state index is 12.4. The fourth-order valence-corrected chi connectivity index (χ4v) is 2.97. The summed E-state index contributed by atoms with van der Waals surface area (Å²) in [5.41, 5.74) is 3.43. The zero-order valence-corrected chi connectivity index (χ0v) is 13.6. The third kappa shape index (κ3) is 2.57. The molecular weight excluding hydrogens is 328 g/mol. The first-order chi connectivity index (χ1) is 11.6. The highest BCUT2D eigenvalue weighted by molar-refractivity contribution is 6.28. The fourth-order valence-electron chi connectivity index (χ4n) is 2.80. The number of benzene rings is 1. The summed E-state index contributed by atoms with van der Waals surface area (Å²) in [6.45, 7) is 2.03. The summed E-state index contributed by atoms with van der Waals surface area (Å²) in [4.78, 5) is 20.7. The van der Waals surface area contributed by atoms with Gasteiger partial charge >= 0.3 is 5.97 Å². The minimum absolute atomic E-state index is 0.0624. The Hall–Kier alpha value is -2.66. The van der Waals surface area contributed by atoms with Gasteiger partial charge in [-0.15, -0.1) is 0 Å². The molecule has 0 saturated carbocycles. The molecule has 5 nitrogen and oxygen atoms in total. The Morgan fingerprint density at radius 2 is 1.96 bits per heavy atom. The lowest BCUT2D eigenvalue weighted by Gasteiger charge is -2.10. The molecule has 120 valence electrons. The predicted molar refractivity (Wildman–Crippen MR) is 87.8 cm³/mol. The molecule has 2 aromatic heterocycles. The van der Waals surface area contributed by atoms with Crippen molar-refractivity contribution in [3.8, 4) is 11.5 Å². The topological polar surface area (TPSA) is 65.2 Å². The van der Waals surface area contributed by atoms with Crippen LogP contribution in [0.1, 0.15) is 33.3 Å². The van der Waals surface area contributed by atoms with E-state index in [2.05, 4.69) is 9.97 Å². The van der Waals surface area contributed by atoms with E-state index in [-0.39, 0.29) is 5.28 Å². The van der Waals surface area contributed by atoms with Crippen molar-refractivity contribution in [2.24, 2.45) is 0 Å². The average molecular weight is 341 g/mol. The number of aryl methyl sites for hydroxylation is 1. The highest BCUT2D eigenvalue weighted by atomic mass is 35.5. The minimum atomic E-state index is -0.482. The highest BCUT2D eigenvalue weighted by Crippen LogP contribution is 2.37. The van der Waals surface area contributed by atoms with E-state index >= 15 is 0 Å². The van der Waals surface area contributed by atoms with Crippen LogP contribution in [0.15, 0.2) is 47.1 Å². The van der Waals surface area contributed by atoms with E-state index in [0.717, 1.165) is 5.56 Å². The lowest BCUT2D eigenvalue weighted by molar-refractivity contribution is 0.0382. The largest absolute Gasteiger partial charge is 0.463 e. The molecule has 0 aliphatic carbocycles. The van der Waals surface area contributed by atoms with Crippen LogP contribution in [-0.2, 0) is 11.2 Å². The van der Waals surface area contributed by atoms with Gasteiger partial charge in [-0.3, -0.25) is 0 Å². The lowest BCUT2D eigenvalue weighted by atomic mass is 10.0. The van der Waals surface area contributed by atoms with Crippen molar-refractivity contribution in [1.29, 1.82) is 0 Å². The van der Waals surface area contributed by atoms with E-state index in [1.807, 2.05) is 31.2 Å². The van der Waals surface area contributed by atoms with Gasteiger partial charge in [0, 0.05) is 6.42 Å². The van der Waals surface area contributed by atoms with Gasteiger partial charge in [0.05, 0.1) is 6.26 Å². The number of carbonyl (C=O) groups excluding carboxylic acids is 1. The second kappa shape index (κ2) is 5.76. The number of hydrogen-bond acceptors (Lipinski definition) is 5. The molecule has 0 fully saturated rings. The van der Waals surface area contributed by atoms with Gasteiger partial charge in [-0.05, 0) is 36.2 Å². The summed E-state index contributed by atoms with van der Waals surface area (Å²) in [6, 6.07) is 11.5. The van der Waals surface area contributed by atoms with Gasteiger partial charge in [0.2, 0.25) is 5.28 Å². The molecule has 0 radical (unpaired) electrons. The molecule has 4 rings (SSSR count). The Morgan fingerprint density at radius 3 is 2.67 bits per heavy atom. The maximum Gasteiger partial charge on any atom is 0.343 e. The molecule has 0 amide bonds. The highest BCUT2D eigenvalue weighted by Gasteiger charge is 2.37. The molecule has 1 aliphatic heterocycles. The minimum Gasteiger partial charge on any atom is -0.463 e. The first-order valence-electron chi connectivity index (χ1n) is 7.49. The second-order valence-corrected chi connectivity index (χ2v) is 6.00. The Morgan fingerprint density at radius 1 is 1.17 bits per heavy atom. The van der Waals surface area contributed by atoms with Crippen LogP contribution in [0.5, 0.6) is 0 Å². The molecule has 0 saturated heterocycles. The summed E-state index contributed by atoms with van der Waals surface area (Å²) < 4.78 is 10.9. The smallest absolute Gasteiger partial charge is 0.343 e. The number of aromatic nitrogens is 2. The normalized spacial score (nSPS) is 16.1. The van der Waals surface area contributed by atoms with Gasteiger partial charge in [-0.2, -0.15) is 0 Å². The molecule has 0 spiro atoms. The van der Waals surface area contributed by atoms with Gasteiger partial charge in [0.1, 0.15) is 23.1 Å².